The number of fused-ring (bicyclic) bond motifs is 1. The van der Waals surface area contributed by atoms with Crippen molar-refractivity contribution in [2.24, 2.45) is 0 Å². The van der Waals surface area contributed by atoms with E-state index < -0.39 is 0 Å². The molecule has 1 unspecified atom stereocenters. The standard InChI is InChI=1S/C14H13ClFIN4/c1-9(8-20-4-2-3-18-20)21-13-5-10(16)11(17)6-12(13)19-14(21)7-15/h2-6,9H,7-8H2,1H3. The molecule has 7 heteroatoms. The zero-order chi connectivity index (χ0) is 15.0. The third-order valence-corrected chi connectivity index (χ3v) is 4.44. The van der Waals surface area contributed by atoms with E-state index >= 15 is 0 Å². The van der Waals surface area contributed by atoms with E-state index in [1.165, 1.54) is 6.07 Å². The van der Waals surface area contributed by atoms with Crippen LogP contribution in [0.2, 0.25) is 0 Å². The molecule has 0 radical (unpaired) electrons. The Morgan fingerprint density at radius 1 is 1.43 bits per heavy atom. The van der Waals surface area contributed by atoms with Gasteiger partial charge >= 0.3 is 0 Å². The Balaban J connectivity index is 2.09. The number of nitrogens with zero attached hydrogens (tertiary/aromatic N) is 4. The van der Waals surface area contributed by atoms with Crippen LogP contribution in [0.4, 0.5) is 4.39 Å². The van der Waals surface area contributed by atoms with Crippen molar-refractivity contribution in [3.63, 3.8) is 0 Å². The Morgan fingerprint density at radius 2 is 2.24 bits per heavy atom. The minimum atomic E-state index is -0.239. The van der Waals surface area contributed by atoms with Crippen LogP contribution in [-0.4, -0.2) is 19.3 Å². The van der Waals surface area contributed by atoms with Crippen LogP contribution in [0, 0.1) is 9.39 Å². The summed E-state index contributed by atoms with van der Waals surface area (Å²) in [6, 6.07) is 5.23. The Hall–Kier alpha value is -1.15. The molecule has 0 saturated heterocycles. The van der Waals surface area contributed by atoms with Gasteiger partial charge in [0.25, 0.3) is 0 Å². The lowest BCUT2D eigenvalue weighted by Crippen LogP contribution is -2.15. The van der Waals surface area contributed by atoms with Crippen LogP contribution in [-0.2, 0) is 12.4 Å². The van der Waals surface area contributed by atoms with E-state index in [2.05, 4.69) is 17.0 Å². The summed E-state index contributed by atoms with van der Waals surface area (Å²) in [4.78, 5) is 4.51. The lowest BCUT2D eigenvalue weighted by molar-refractivity contribution is 0.437. The van der Waals surface area contributed by atoms with Gasteiger partial charge in [-0.05, 0) is 41.6 Å². The van der Waals surface area contributed by atoms with Crippen molar-refractivity contribution in [2.75, 3.05) is 0 Å². The quantitative estimate of drug-likeness (QED) is 0.475. The SMILES string of the molecule is CC(Cn1cccn1)n1c(CCl)nc2cc(I)c(F)cc21. The first-order chi connectivity index (χ1) is 10.1. The summed E-state index contributed by atoms with van der Waals surface area (Å²) in [6.07, 6.45) is 3.64. The molecule has 0 saturated carbocycles. The third-order valence-electron chi connectivity index (χ3n) is 3.38. The fraction of sp³-hybridized carbons (Fsp3) is 0.286. The topological polar surface area (TPSA) is 35.6 Å². The van der Waals surface area contributed by atoms with Gasteiger partial charge in [-0.25, -0.2) is 9.37 Å². The number of halogens is 3. The largest absolute Gasteiger partial charge is 0.322 e. The van der Waals surface area contributed by atoms with Crippen molar-refractivity contribution >= 4 is 45.2 Å². The molecule has 0 spiro atoms. The molecule has 0 fully saturated rings. The zero-order valence-corrected chi connectivity index (χ0v) is 14.2. The van der Waals surface area contributed by atoms with Gasteiger partial charge in [-0.15, -0.1) is 11.6 Å². The maximum absolute atomic E-state index is 13.9. The van der Waals surface area contributed by atoms with Gasteiger partial charge in [-0.2, -0.15) is 5.10 Å². The molecule has 2 heterocycles. The normalized spacial score (nSPS) is 13.0. The van der Waals surface area contributed by atoms with Crippen LogP contribution < -0.4 is 0 Å². The molecular weight excluding hydrogens is 406 g/mol. The van der Waals surface area contributed by atoms with Crippen molar-refractivity contribution in [1.82, 2.24) is 19.3 Å². The van der Waals surface area contributed by atoms with Crippen LogP contribution in [0.25, 0.3) is 11.0 Å². The summed E-state index contributed by atoms with van der Waals surface area (Å²) >= 11 is 7.98. The van der Waals surface area contributed by atoms with Crippen molar-refractivity contribution in [2.45, 2.75) is 25.4 Å². The van der Waals surface area contributed by atoms with E-state index in [0.29, 0.717) is 10.1 Å². The van der Waals surface area contributed by atoms with Crippen LogP contribution in [0.3, 0.4) is 0 Å². The zero-order valence-electron chi connectivity index (χ0n) is 11.3. The monoisotopic (exact) mass is 418 g/mol. The van der Waals surface area contributed by atoms with Gasteiger partial charge in [-0.1, -0.05) is 0 Å². The van der Waals surface area contributed by atoms with Crippen LogP contribution in [0.1, 0.15) is 18.8 Å². The number of hydrogen-bond donors (Lipinski definition) is 0. The lowest BCUT2D eigenvalue weighted by atomic mass is 10.2. The van der Waals surface area contributed by atoms with Gasteiger partial charge in [0, 0.05) is 18.5 Å². The third kappa shape index (κ3) is 2.78. The molecule has 3 aromatic rings. The maximum atomic E-state index is 13.9. The smallest absolute Gasteiger partial charge is 0.138 e. The second-order valence-corrected chi connectivity index (χ2v) is 6.29. The van der Waals surface area contributed by atoms with E-state index in [-0.39, 0.29) is 17.7 Å². The molecule has 0 aliphatic heterocycles. The molecule has 4 nitrogen and oxygen atoms in total. The molecule has 0 N–H and O–H groups in total. The fourth-order valence-corrected chi connectivity index (χ4v) is 3.13. The molecule has 0 bridgehead atoms. The molecule has 0 amide bonds. The van der Waals surface area contributed by atoms with Gasteiger partial charge in [0.05, 0.1) is 33.1 Å². The van der Waals surface area contributed by atoms with Crippen molar-refractivity contribution in [3.05, 3.63) is 45.8 Å². The first-order valence-electron chi connectivity index (χ1n) is 6.49. The summed E-state index contributed by atoms with van der Waals surface area (Å²) in [5.74, 6) is 0.792. The van der Waals surface area contributed by atoms with Crippen LogP contribution in [0.5, 0.6) is 0 Å². The summed E-state index contributed by atoms with van der Waals surface area (Å²) in [5, 5.41) is 4.21. The predicted molar refractivity (Wildman–Crippen MR) is 88.9 cm³/mol. The minimum absolute atomic E-state index is 0.0723. The average Bonchev–Trinajstić information content (AvgIpc) is 3.06. The maximum Gasteiger partial charge on any atom is 0.138 e. The van der Waals surface area contributed by atoms with Crippen molar-refractivity contribution < 1.29 is 4.39 Å². The van der Waals surface area contributed by atoms with E-state index in [9.17, 15) is 4.39 Å². The van der Waals surface area contributed by atoms with E-state index in [1.54, 1.807) is 12.3 Å². The molecule has 2 aromatic heterocycles. The van der Waals surface area contributed by atoms with Crippen LogP contribution >= 0.6 is 34.2 Å². The highest BCUT2D eigenvalue weighted by molar-refractivity contribution is 14.1. The molecule has 1 aromatic carbocycles. The number of benzene rings is 1. The lowest BCUT2D eigenvalue weighted by Gasteiger charge is -2.17. The summed E-state index contributed by atoms with van der Waals surface area (Å²) < 4.78 is 18.3. The molecule has 21 heavy (non-hydrogen) atoms. The van der Waals surface area contributed by atoms with Crippen molar-refractivity contribution in [1.29, 1.82) is 0 Å². The van der Waals surface area contributed by atoms with Crippen molar-refractivity contribution in [3.8, 4) is 0 Å². The average molecular weight is 419 g/mol. The number of aromatic nitrogens is 4. The Kier molecular flexibility index (Phi) is 4.17. The summed E-state index contributed by atoms with van der Waals surface area (Å²) in [5.41, 5.74) is 1.53. The molecule has 1 atom stereocenters. The summed E-state index contributed by atoms with van der Waals surface area (Å²) in [7, 11) is 0. The minimum Gasteiger partial charge on any atom is -0.322 e. The Bertz CT molecular complexity index is 769. The van der Waals surface area contributed by atoms with Gasteiger partial charge in [0.2, 0.25) is 0 Å². The number of alkyl halides is 1. The fourth-order valence-electron chi connectivity index (χ4n) is 2.49. The highest BCUT2D eigenvalue weighted by atomic mass is 127. The second kappa shape index (κ2) is 5.92. The predicted octanol–water partition coefficient (Wildman–Crippen LogP) is 3.98. The molecule has 3 rings (SSSR count). The molecule has 110 valence electrons. The Morgan fingerprint density at radius 3 is 2.90 bits per heavy atom. The molecule has 0 aliphatic carbocycles. The summed E-state index contributed by atoms with van der Waals surface area (Å²) in [6.45, 7) is 2.73. The molecule has 0 aliphatic rings. The van der Waals surface area contributed by atoms with Gasteiger partial charge < -0.3 is 4.57 Å². The van der Waals surface area contributed by atoms with E-state index in [1.807, 2.05) is 44.1 Å². The highest BCUT2D eigenvalue weighted by Crippen LogP contribution is 2.26. The number of hydrogen-bond acceptors (Lipinski definition) is 2. The highest BCUT2D eigenvalue weighted by Gasteiger charge is 2.17. The van der Waals surface area contributed by atoms with Gasteiger partial charge in [0.1, 0.15) is 11.6 Å². The first kappa shape index (κ1) is 14.8. The van der Waals surface area contributed by atoms with Crippen LogP contribution in [0.15, 0.2) is 30.6 Å². The molecular formula is C14H13ClFIN4. The Labute approximate surface area is 140 Å². The number of imidazole rings is 1. The second-order valence-electron chi connectivity index (χ2n) is 4.86. The van der Waals surface area contributed by atoms with E-state index in [4.69, 9.17) is 11.6 Å². The first-order valence-corrected chi connectivity index (χ1v) is 8.10. The van der Waals surface area contributed by atoms with E-state index in [0.717, 1.165) is 16.9 Å². The van der Waals surface area contributed by atoms with Gasteiger partial charge in [-0.3, -0.25) is 4.68 Å². The van der Waals surface area contributed by atoms with Gasteiger partial charge in [0.15, 0.2) is 0 Å². The number of rotatable bonds is 4.